The fourth-order valence-electron chi connectivity index (χ4n) is 3.43. The van der Waals surface area contributed by atoms with Gasteiger partial charge in [-0.3, -0.25) is 13.6 Å². The summed E-state index contributed by atoms with van der Waals surface area (Å²) in [5.41, 5.74) is 6.21. The van der Waals surface area contributed by atoms with Crippen LogP contribution in [0.3, 0.4) is 0 Å². The van der Waals surface area contributed by atoms with Crippen molar-refractivity contribution >= 4 is 24.8 Å². The van der Waals surface area contributed by atoms with Gasteiger partial charge in [0.15, 0.2) is 24.0 Å². The lowest BCUT2D eigenvalue weighted by Crippen LogP contribution is -2.35. The molecular formula is C15H22N5O11P. The van der Waals surface area contributed by atoms with Crippen LogP contribution in [0.2, 0.25) is 0 Å². The van der Waals surface area contributed by atoms with E-state index in [1.165, 1.54) is 17.2 Å². The zero-order chi connectivity index (χ0) is 23.2. The van der Waals surface area contributed by atoms with Crippen LogP contribution < -0.4 is 5.73 Å². The van der Waals surface area contributed by atoms with Gasteiger partial charge in [0.25, 0.3) is 0 Å². The predicted molar refractivity (Wildman–Crippen MR) is 100 cm³/mol. The van der Waals surface area contributed by atoms with E-state index < -0.39 is 70.2 Å². The first-order valence-corrected chi connectivity index (χ1v) is 10.8. The van der Waals surface area contributed by atoms with Crippen molar-refractivity contribution in [3.05, 3.63) is 12.7 Å². The number of nitrogens with zero attached hydrogens (tertiary/aromatic N) is 4. The predicted octanol–water partition coefficient (Wildman–Crippen LogP) is -3.40. The second-order valence-electron chi connectivity index (χ2n) is 7.21. The van der Waals surface area contributed by atoms with E-state index in [0.29, 0.717) is 0 Å². The normalized spacial score (nSPS) is 37.2. The van der Waals surface area contributed by atoms with Gasteiger partial charge in [0, 0.05) is 0 Å². The van der Waals surface area contributed by atoms with E-state index in [-0.39, 0.29) is 17.0 Å². The zero-order valence-corrected chi connectivity index (χ0v) is 17.1. The molecule has 0 aliphatic carbocycles. The zero-order valence-electron chi connectivity index (χ0n) is 16.2. The van der Waals surface area contributed by atoms with Crippen molar-refractivity contribution in [2.75, 3.05) is 18.9 Å². The molecule has 0 spiro atoms. The van der Waals surface area contributed by atoms with Crippen LogP contribution in [0.15, 0.2) is 12.7 Å². The third-order valence-corrected chi connectivity index (χ3v) is 6.09. The number of fused-ring (bicyclic) bond motifs is 1. The summed E-state index contributed by atoms with van der Waals surface area (Å²) in [5.74, 6) is 0.102. The number of aromatic nitrogens is 4. The average Bonchev–Trinajstić information content (AvgIpc) is 3.38. The molecule has 2 aliphatic rings. The van der Waals surface area contributed by atoms with Gasteiger partial charge in [-0.15, -0.1) is 0 Å². The molecule has 0 bridgehead atoms. The van der Waals surface area contributed by atoms with Crippen molar-refractivity contribution < 1.29 is 53.5 Å². The Morgan fingerprint density at radius 2 is 1.78 bits per heavy atom. The van der Waals surface area contributed by atoms with Crippen molar-refractivity contribution in [1.29, 1.82) is 0 Å². The highest BCUT2D eigenvalue weighted by molar-refractivity contribution is 7.47. The molecule has 0 radical (unpaired) electrons. The summed E-state index contributed by atoms with van der Waals surface area (Å²) in [6.07, 6.45) is -9.17. The second-order valence-corrected chi connectivity index (χ2v) is 8.61. The van der Waals surface area contributed by atoms with Crippen LogP contribution >= 0.6 is 7.82 Å². The standard InChI is InChI=1S/C15H22N5O11P/c16-12-7-13(18-3-17-12)20(4-19-7)14-10(24)9(23)6(29-14)2-28-32(26,27)31-15-11(25)8(22)5(1-21)30-15/h3-6,8-11,14-15,21-25H,1-2H2,(H,26,27)(H2,16,17,18)/t5-,6-,8-,9-,10-,11-,14-,15?/m1/s1. The van der Waals surface area contributed by atoms with E-state index in [4.69, 9.17) is 29.4 Å². The van der Waals surface area contributed by atoms with Crippen LogP contribution in [0.1, 0.15) is 6.23 Å². The number of phosphoric acid groups is 1. The number of ether oxygens (including phenoxy) is 2. The Morgan fingerprint density at radius 3 is 2.47 bits per heavy atom. The van der Waals surface area contributed by atoms with Gasteiger partial charge in [-0.05, 0) is 0 Å². The van der Waals surface area contributed by atoms with Gasteiger partial charge < -0.3 is 45.6 Å². The summed E-state index contributed by atoms with van der Waals surface area (Å²) in [5, 5.41) is 49.2. The van der Waals surface area contributed by atoms with E-state index in [2.05, 4.69) is 15.0 Å². The first-order chi connectivity index (χ1) is 15.1. The van der Waals surface area contributed by atoms with Crippen molar-refractivity contribution in [3.8, 4) is 0 Å². The van der Waals surface area contributed by atoms with Gasteiger partial charge >= 0.3 is 7.82 Å². The lowest BCUT2D eigenvalue weighted by Gasteiger charge is -2.21. The molecule has 32 heavy (non-hydrogen) atoms. The maximum Gasteiger partial charge on any atom is 0.474 e. The fraction of sp³-hybridized carbons (Fsp3) is 0.667. The summed E-state index contributed by atoms with van der Waals surface area (Å²) in [7, 11) is -4.87. The van der Waals surface area contributed by atoms with Crippen molar-refractivity contribution in [2.45, 2.75) is 49.1 Å². The molecule has 2 fully saturated rings. The van der Waals surface area contributed by atoms with Crippen LogP contribution in [0.5, 0.6) is 0 Å². The van der Waals surface area contributed by atoms with E-state index in [0.717, 1.165) is 0 Å². The summed E-state index contributed by atoms with van der Waals surface area (Å²) in [6, 6.07) is 0. The molecule has 2 aromatic rings. The molecule has 17 heteroatoms. The molecule has 16 nitrogen and oxygen atoms in total. The highest BCUT2D eigenvalue weighted by atomic mass is 31.2. The fourth-order valence-corrected chi connectivity index (χ4v) is 4.27. The van der Waals surface area contributed by atoms with Gasteiger partial charge in [0.1, 0.15) is 48.5 Å². The molecule has 9 atom stereocenters. The molecule has 2 aromatic heterocycles. The summed E-state index contributed by atoms with van der Waals surface area (Å²) >= 11 is 0. The number of anilines is 1. The lowest BCUT2D eigenvalue weighted by atomic mass is 10.1. The Labute approximate surface area is 179 Å². The van der Waals surface area contributed by atoms with Crippen LogP contribution in [-0.2, 0) is 23.1 Å². The molecule has 178 valence electrons. The molecule has 0 aromatic carbocycles. The van der Waals surface area contributed by atoms with Gasteiger partial charge in [-0.25, -0.2) is 19.5 Å². The molecular weight excluding hydrogens is 457 g/mol. The number of hydrogen-bond acceptors (Lipinski definition) is 14. The molecule has 0 saturated carbocycles. The molecule has 4 heterocycles. The number of nitrogen functional groups attached to an aromatic ring is 1. The van der Waals surface area contributed by atoms with Crippen molar-refractivity contribution in [2.24, 2.45) is 0 Å². The van der Waals surface area contributed by atoms with Crippen LogP contribution in [0.4, 0.5) is 5.82 Å². The first kappa shape index (κ1) is 23.3. The van der Waals surface area contributed by atoms with Crippen LogP contribution in [0.25, 0.3) is 11.2 Å². The Balaban J connectivity index is 1.40. The number of rotatable bonds is 7. The number of phosphoric ester groups is 1. The smallest absolute Gasteiger partial charge is 0.394 e. The minimum Gasteiger partial charge on any atom is -0.394 e. The quantitative estimate of drug-likeness (QED) is 0.191. The molecule has 8 N–H and O–H groups in total. The summed E-state index contributed by atoms with van der Waals surface area (Å²) in [4.78, 5) is 21.8. The Hall–Kier alpha value is -1.82. The monoisotopic (exact) mass is 479 g/mol. The van der Waals surface area contributed by atoms with Gasteiger partial charge in [-0.1, -0.05) is 0 Å². The lowest BCUT2D eigenvalue weighted by molar-refractivity contribution is -0.131. The number of aliphatic hydroxyl groups excluding tert-OH is 5. The maximum absolute atomic E-state index is 12.2. The number of aliphatic hydroxyl groups is 5. The van der Waals surface area contributed by atoms with Crippen molar-refractivity contribution in [3.63, 3.8) is 0 Å². The third kappa shape index (κ3) is 4.23. The van der Waals surface area contributed by atoms with Crippen LogP contribution in [0, 0.1) is 0 Å². The number of nitrogens with two attached hydrogens (primary N) is 1. The van der Waals surface area contributed by atoms with E-state index in [1.807, 2.05) is 0 Å². The minimum absolute atomic E-state index is 0.102. The SMILES string of the molecule is Nc1ncnc2c1ncn2[C@@H]1O[C@H](COP(=O)(O)OC2O[C@H](CO)[C@@H](O)[C@H]2O)[C@@H](O)[C@H]1O. The highest BCUT2D eigenvalue weighted by Crippen LogP contribution is 2.47. The molecule has 0 amide bonds. The third-order valence-electron chi connectivity index (χ3n) is 5.14. The molecule has 2 saturated heterocycles. The van der Waals surface area contributed by atoms with Gasteiger partial charge in [0.2, 0.25) is 0 Å². The summed E-state index contributed by atoms with van der Waals surface area (Å²) < 4.78 is 33.6. The van der Waals surface area contributed by atoms with Crippen molar-refractivity contribution in [1.82, 2.24) is 19.5 Å². The first-order valence-electron chi connectivity index (χ1n) is 9.35. The topological polar surface area (TPSA) is 245 Å². The molecule has 4 rings (SSSR count). The summed E-state index contributed by atoms with van der Waals surface area (Å²) in [6.45, 7) is -1.35. The number of hydrogen-bond donors (Lipinski definition) is 7. The minimum atomic E-state index is -4.87. The van der Waals surface area contributed by atoms with Gasteiger partial charge in [-0.2, -0.15) is 0 Å². The maximum atomic E-state index is 12.2. The molecule has 2 aliphatic heterocycles. The van der Waals surface area contributed by atoms with E-state index in [1.54, 1.807) is 0 Å². The Kier molecular flexibility index (Phi) is 6.45. The second kappa shape index (κ2) is 8.85. The number of imidazole rings is 1. The largest absolute Gasteiger partial charge is 0.474 e. The van der Waals surface area contributed by atoms with E-state index >= 15 is 0 Å². The molecule has 2 unspecified atom stereocenters. The van der Waals surface area contributed by atoms with Crippen LogP contribution in [-0.4, -0.2) is 106 Å². The Bertz CT molecular complexity index is 1010. The average molecular weight is 479 g/mol. The van der Waals surface area contributed by atoms with E-state index in [9.17, 15) is 29.9 Å². The highest BCUT2D eigenvalue weighted by Gasteiger charge is 2.48. The Morgan fingerprint density at radius 1 is 1.06 bits per heavy atom. The van der Waals surface area contributed by atoms with Gasteiger partial charge in [0.05, 0.1) is 19.5 Å².